The van der Waals surface area contributed by atoms with Gasteiger partial charge in [0, 0.05) is 0 Å². The highest BCUT2D eigenvalue weighted by Gasteiger charge is 2.10. The molecule has 0 spiro atoms. The number of hydrogen-bond donors (Lipinski definition) is 1. The molecule has 0 aliphatic carbocycles. The Morgan fingerprint density at radius 3 is 2.39 bits per heavy atom. The SMILES string of the molecule is Cc1cc(OCC(=O)N[C@@H](C)c2ccccc2)ccc1C(C)C. The fourth-order valence-electron chi connectivity index (χ4n) is 2.64. The summed E-state index contributed by atoms with van der Waals surface area (Å²) in [4.78, 5) is 12.0. The summed E-state index contributed by atoms with van der Waals surface area (Å²) >= 11 is 0. The Hall–Kier alpha value is -2.29. The molecular weight excluding hydrogens is 286 g/mol. The third-order valence-corrected chi connectivity index (χ3v) is 3.91. The Kier molecular flexibility index (Phi) is 5.80. The van der Waals surface area contributed by atoms with Gasteiger partial charge < -0.3 is 10.1 Å². The molecule has 0 saturated heterocycles. The Morgan fingerprint density at radius 1 is 1.09 bits per heavy atom. The molecule has 0 aromatic heterocycles. The predicted molar refractivity (Wildman–Crippen MR) is 93.8 cm³/mol. The van der Waals surface area contributed by atoms with Gasteiger partial charge in [-0.3, -0.25) is 4.79 Å². The van der Waals surface area contributed by atoms with Crippen LogP contribution in [0, 0.1) is 6.92 Å². The first-order valence-corrected chi connectivity index (χ1v) is 8.05. The molecule has 0 fully saturated rings. The van der Waals surface area contributed by atoms with Crippen molar-refractivity contribution < 1.29 is 9.53 Å². The van der Waals surface area contributed by atoms with E-state index in [9.17, 15) is 4.79 Å². The van der Waals surface area contributed by atoms with E-state index < -0.39 is 0 Å². The van der Waals surface area contributed by atoms with Crippen molar-refractivity contribution >= 4 is 5.91 Å². The first kappa shape index (κ1) is 17.1. The molecule has 0 heterocycles. The molecule has 0 bridgehead atoms. The second kappa shape index (κ2) is 7.82. The normalized spacial score (nSPS) is 12.0. The fraction of sp³-hybridized carbons (Fsp3) is 0.350. The third kappa shape index (κ3) is 4.85. The van der Waals surface area contributed by atoms with Crippen LogP contribution >= 0.6 is 0 Å². The van der Waals surface area contributed by atoms with E-state index in [-0.39, 0.29) is 18.6 Å². The molecule has 0 unspecified atom stereocenters. The lowest BCUT2D eigenvalue weighted by molar-refractivity contribution is -0.123. The molecule has 0 aliphatic heterocycles. The van der Waals surface area contributed by atoms with Crippen LogP contribution in [0.3, 0.4) is 0 Å². The summed E-state index contributed by atoms with van der Waals surface area (Å²) in [5.41, 5.74) is 3.58. The Labute approximate surface area is 138 Å². The van der Waals surface area contributed by atoms with Crippen LogP contribution in [0.4, 0.5) is 0 Å². The summed E-state index contributed by atoms with van der Waals surface area (Å²) in [6.45, 7) is 8.40. The van der Waals surface area contributed by atoms with Crippen molar-refractivity contribution in [2.24, 2.45) is 0 Å². The number of carbonyl (C=O) groups excluding carboxylic acids is 1. The summed E-state index contributed by atoms with van der Waals surface area (Å²) in [6, 6.07) is 15.8. The largest absolute Gasteiger partial charge is 0.484 e. The molecule has 3 nitrogen and oxygen atoms in total. The lowest BCUT2D eigenvalue weighted by Gasteiger charge is -2.15. The Balaban J connectivity index is 1.88. The van der Waals surface area contributed by atoms with E-state index in [4.69, 9.17) is 4.74 Å². The van der Waals surface area contributed by atoms with Crippen LogP contribution in [-0.4, -0.2) is 12.5 Å². The maximum absolute atomic E-state index is 12.0. The molecular formula is C20H25NO2. The minimum Gasteiger partial charge on any atom is -0.484 e. The molecule has 2 rings (SSSR count). The van der Waals surface area contributed by atoms with Crippen LogP contribution in [-0.2, 0) is 4.79 Å². The van der Waals surface area contributed by atoms with Crippen molar-refractivity contribution in [1.82, 2.24) is 5.32 Å². The molecule has 1 amide bonds. The first-order valence-electron chi connectivity index (χ1n) is 8.05. The van der Waals surface area contributed by atoms with Gasteiger partial charge in [0.1, 0.15) is 5.75 Å². The lowest BCUT2D eigenvalue weighted by Crippen LogP contribution is -2.31. The summed E-state index contributed by atoms with van der Waals surface area (Å²) in [6.07, 6.45) is 0. The van der Waals surface area contributed by atoms with E-state index in [2.05, 4.69) is 32.2 Å². The minimum atomic E-state index is -0.119. The quantitative estimate of drug-likeness (QED) is 0.860. The van der Waals surface area contributed by atoms with Crippen LogP contribution in [0.25, 0.3) is 0 Å². The smallest absolute Gasteiger partial charge is 0.258 e. The molecule has 0 radical (unpaired) electrons. The van der Waals surface area contributed by atoms with Crippen molar-refractivity contribution in [2.45, 2.75) is 39.7 Å². The highest BCUT2D eigenvalue weighted by atomic mass is 16.5. The van der Waals surface area contributed by atoms with Gasteiger partial charge in [0.25, 0.3) is 5.91 Å². The number of carbonyl (C=O) groups is 1. The van der Waals surface area contributed by atoms with Crippen LogP contribution in [0.5, 0.6) is 5.75 Å². The highest BCUT2D eigenvalue weighted by molar-refractivity contribution is 5.78. The second-order valence-corrected chi connectivity index (χ2v) is 6.16. The van der Waals surface area contributed by atoms with Crippen LogP contribution < -0.4 is 10.1 Å². The maximum Gasteiger partial charge on any atom is 0.258 e. The van der Waals surface area contributed by atoms with Gasteiger partial charge in [0.2, 0.25) is 0 Å². The second-order valence-electron chi connectivity index (χ2n) is 6.16. The molecule has 2 aromatic rings. The highest BCUT2D eigenvalue weighted by Crippen LogP contribution is 2.23. The molecule has 1 N–H and O–H groups in total. The molecule has 2 aromatic carbocycles. The van der Waals surface area contributed by atoms with Crippen LogP contribution in [0.15, 0.2) is 48.5 Å². The molecule has 23 heavy (non-hydrogen) atoms. The van der Waals surface area contributed by atoms with E-state index in [1.807, 2.05) is 49.4 Å². The van der Waals surface area contributed by atoms with E-state index in [0.717, 1.165) is 11.3 Å². The van der Waals surface area contributed by atoms with E-state index in [1.54, 1.807) is 0 Å². The molecule has 122 valence electrons. The number of amides is 1. The van der Waals surface area contributed by atoms with Gasteiger partial charge in [0.05, 0.1) is 6.04 Å². The number of aryl methyl sites for hydroxylation is 1. The fourth-order valence-corrected chi connectivity index (χ4v) is 2.64. The molecule has 0 saturated carbocycles. The molecule has 3 heteroatoms. The zero-order valence-corrected chi connectivity index (χ0v) is 14.3. The topological polar surface area (TPSA) is 38.3 Å². The van der Waals surface area contributed by atoms with Crippen LogP contribution in [0.2, 0.25) is 0 Å². The van der Waals surface area contributed by atoms with Gasteiger partial charge >= 0.3 is 0 Å². The lowest BCUT2D eigenvalue weighted by atomic mass is 9.98. The average molecular weight is 311 g/mol. The molecule has 1 atom stereocenters. The number of nitrogens with one attached hydrogen (secondary N) is 1. The van der Waals surface area contributed by atoms with Gasteiger partial charge in [-0.05, 0) is 48.6 Å². The summed E-state index contributed by atoms with van der Waals surface area (Å²) < 4.78 is 5.61. The van der Waals surface area contributed by atoms with Crippen molar-refractivity contribution in [3.8, 4) is 5.75 Å². The summed E-state index contributed by atoms with van der Waals surface area (Å²) in [5, 5.41) is 2.95. The van der Waals surface area contributed by atoms with Crippen molar-refractivity contribution in [3.63, 3.8) is 0 Å². The maximum atomic E-state index is 12.0. The van der Waals surface area contributed by atoms with Crippen LogP contribution in [0.1, 0.15) is 49.4 Å². The average Bonchev–Trinajstić information content (AvgIpc) is 2.53. The zero-order chi connectivity index (χ0) is 16.8. The van der Waals surface area contributed by atoms with Crippen molar-refractivity contribution in [2.75, 3.05) is 6.61 Å². The van der Waals surface area contributed by atoms with Crippen molar-refractivity contribution in [3.05, 3.63) is 65.2 Å². The Morgan fingerprint density at radius 2 is 1.78 bits per heavy atom. The number of benzene rings is 2. The number of rotatable bonds is 6. The first-order chi connectivity index (χ1) is 11.0. The summed E-state index contributed by atoms with van der Waals surface area (Å²) in [5.74, 6) is 1.10. The van der Waals surface area contributed by atoms with E-state index in [0.29, 0.717) is 5.92 Å². The van der Waals surface area contributed by atoms with Gasteiger partial charge in [-0.2, -0.15) is 0 Å². The predicted octanol–water partition coefficient (Wildman–Crippen LogP) is 4.37. The van der Waals surface area contributed by atoms with Gasteiger partial charge in [-0.1, -0.05) is 50.2 Å². The molecule has 0 aliphatic rings. The minimum absolute atomic E-state index is 0.0254. The monoisotopic (exact) mass is 311 g/mol. The van der Waals surface area contributed by atoms with E-state index in [1.165, 1.54) is 11.1 Å². The van der Waals surface area contributed by atoms with Gasteiger partial charge in [0.15, 0.2) is 6.61 Å². The van der Waals surface area contributed by atoms with Gasteiger partial charge in [-0.25, -0.2) is 0 Å². The van der Waals surface area contributed by atoms with Crippen molar-refractivity contribution in [1.29, 1.82) is 0 Å². The summed E-state index contributed by atoms with van der Waals surface area (Å²) in [7, 11) is 0. The third-order valence-electron chi connectivity index (χ3n) is 3.91. The van der Waals surface area contributed by atoms with E-state index >= 15 is 0 Å². The number of ether oxygens (including phenoxy) is 1. The Bertz CT molecular complexity index is 650. The van der Waals surface area contributed by atoms with Gasteiger partial charge in [-0.15, -0.1) is 0 Å². The standard InChI is InChI=1S/C20H25NO2/c1-14(2)19-11-10-18(12-15(19)3)23-13-20(22)21-16(4)17-8-6-5-7-9-17/h5-12,14,16H,13H2,1-4H3,(H,21,22)/t16-/m0/s1. The number of hydrogen-bond acceptors (Lipinski definition) is 2. The zero-order valence-electron chi connectivity index (χ0n) is 14.3.